The highest BCUT2D eigenvalue weighted by molar-refractivity contribution is 7.10. The molecule has 0 aliphatic carbocycles. The highest BCUT2D eigenvalue weighted by Gasteiger charge is 2.19. The van der Waals surface area contributed by atoms with Crippen LogP contribution < -0.4 is 11.3 Å². The molecule has 2 aromatic heterocycles. The molecule has 0 radical (unpaired) electrons. The van der Waals surface area contributed by atoms with Gasteiger partial charge in [-0.25, -0.2) is 5.43 Å². The summed E-state index contributed by atoms with van der Waals surface area (Å²) in [7, 11) is 1.94. The lowest BCUT2D eigenvalue weighted by Gasteiger charge is -2.15. The van der Waals surface area contributed by atoms with Crippen molar-refractivity contribution in [3.8, 4) is 0 Å². The van der Waals surface area contributed by atoms with E-state index in [1.807, 2.05) is 18.7 Å². The Morgan fingerprint density at radius 2 is 2.25 bits per heavy atom. The van der Waals surface area contributed by atoms with Gasteiger partial charge in [-0.1, -0.05) is 0 Å². The normalized spacial score (nSPS) is 13.0. The van der Waals surface area contributed by atoms with Crippen LogP contribution in [0, 0.1) is 13.8 Å². The second-order valence-electron chi connectivity index (χ2n) is 3.90. The van der Waals surface area contributed by atoms with Gasteiger partial charge in [-0.2, -0.15) is 5.10 Å². The van der Waals surface area contributed by atoms with E-state index in [1.165, 1.54) is 10.4 Å². The summed E-state index contributed by atoms with van der Waals surface area (Å²) >= 11 is 1.71. The zero-order valence-corrected chi connectivity index (χ0v) is 10.5. The molecule has 0 amide bonds. The monoisotopic (exact) mass is 236 g/mol. The maximum absolute atomic E-state index is 5.66. The lowest BCUT2D eigenvalue weighted by molar-refractivity contribution is 0.579. The number of hydrazine groups is 1. The minimum absolute atomic E-state index is 0.0196. The average molecular weight is 236 g/mol. The lowest BCUT2D eigenvalue weighted by Crippen LogP contribution is -2.30. The molecule has 1 unspecified atom stereocenters. The Bertz CT molecular complexity index is 486. The van der Waals surface area contributed by atoms with Gasteiger partial charge in [0, 0.05) is 11.9 Å². The first-order chi connectivity index (χ1) is 7.63. The van der Waals surface area contributed by atoms with E-state index in [0.717, 1.165) is 11.4 Å². The van der Waals surface area contributed by atoms with Crippen molar-refractivity contribution in [2.45, 2.75) is 19.9 Å². The highest BCUT2D eigenvalue weighted by Crippen LogP contribution is 2.28. The van der Waals surface area contributed by atoms with Crippen LogP contribution in [-0.2, 0) is 7.05 Å². The molecule has 2 rings (SSSR count). The summed E-state index contributed by atoms with van der Waals surface area (Å²) in [6, 6.07) is 4.18. The number of nitrogens with zero attached hydrogens (tertiary/aromatic N) is 2. The molecule has 0 aliphatic heterocycles. The van der Waals surface area contributed by atoms with Crippen molar-refractivity contribution in [1.82, 2.24) is 15.2 Å². The van der Waals surface area contributed by atoms with E-state index in [4.69, 9.17) is 5.84 Å². The molecule has 0 spiro atoms. The fourth-order valence-electron chi connectivity index (χ4n) is 1.88. The standard InChI is InChI=1S/C11H16N4S/c1-7-4-5-16-11(7)10(13-12)9-6-8(2)14-15(9)3/h4-6,10,13H,12H2,1-3H3. The average Bonchev–Trinajstić information content (AvgIpc) is 2.77. The fraction of sp³-hybridized carbons (Fsp3) is 0.364. The Morgan fingerprint density at radius 3 is 2.69 bits per heavy atom. The van der Waals surface area contributed by atoms with Crippen LogP contribution in [-0.4, -0.2) is 9.78 Å². The smallest absolute Gasteiger partial charge is 0.0972 e. The molecule has 0 saturated carbocycles. The zero-order valence-electron chi connectivity index (χ0n) is 9.69. The van der Waals surface area contributed by atoms with Gasteiger partial charge >= 0.3 is 0 Å². The van der Waals surface area contributed by atoms with Crippen LogP contribution in [0.2, 0.25) is 0 Å². The van der Waals surface area contributed by atoms with Gasteiger partial charge in [-0.05, 0) is 36.9 Å². The number of thiophene rings is 1. The summed E-state index contributed by atoms with van der Waals surface area (Å²) in [5.41, 5.74) is 6.22. The number of nitrogens with two attached hydrogens (primary N) is 1. The van der Waals surface area contributed by atoms with E-state index < -0.39 is 0 Å². The molecule has 0 saturated heterocycles. The van der Waals surface area contributed by atoms with Crippen molar-refractivity contribution < 1.29 is 0 Å². The molecule has 0 aliphatic rings. The first-order valence-electron chi connectivity index (χ1n) is 5.14. The number of aryl methyl sites for hydroxylation is 3. The minimum Gasteiger partial charge on any atom is -0.270 e. The van der Waals surface area contributed by atoms with Crippen molar-refractivity contribution in [3.05, 3.63) is 39.3 Å². The summed E-state index contributed by atoms with van der Waals surface area (Å²) < 4.78 is 1.87. The first-order valence-corrected chi connectivity index (χ1v) is 6.02. The molecule has 0 aromatic carbocycles. The Morgan fingerprint density at radius 1 is 1.50 bits per heavy atom. The van der Waals surface area contributed by atoms with Crippen LogP contribution in [0.4, 0.5) is 0 Å². The quantitative estimate of drug-likeness (QED) is 0.629. The number of rotatable bonds is 3. The van der Waals surface area contributed by atoms with E-state index >= 15 is 0 Å². The van der Waals surface area contributed by atoms with E-state index in [0.29, 0.717) is 0 Å². The highest BCUT2D eigenvalue weighted by atomic mass is 32.1. The molecule has 4 nitrogen and oxygen atoms in total. The number of hydrogen-bond donors (Lipinski definition) is 2. The molecular weight excluding hydrogens is 220 g/mol. The second-order valence-corrected chi connectivity index (χ2v) is 4.85. The maximum atomic E-state index is 5.66. The summed E-state index contributed by atoms with van der Waals surface area (Å²) in [6.45, 7) is 4.08. The van der Waals surface area contributed by atoms with Gasteiger partial charge in [-0.3, -0.25) is 10.5 Å². The number of nitrogens with one attached hydrogen (secondary N) is 1. The molecule has 2 aromatic rings. The largest absolute Gasteiger partial charge is 0.270 e. The molecule has 1 atom stereocenters. The van der Waals surface area contributed by atoms with Gasteiger partial charge in [0.1, 0.15) is 0 Å². The summed E-state index contributed by atoms with van der Waals surface area (Å²) in [4.78, 5) is 1.24. The van der Waals surface area contributed by atoms with Crippen LogP contribution in [0.25, 0.3) is 0 Å². The van der Waals surface area contributed by atoms with Crippen molar-refractivity contribution in [3.63, 3.8) is 0 Å². The van der Waals surface area contributed by atoms with Crippen molar-refractivity contribution in [2.75, 3.05) is 0 Å². The van der Waals surface area contributed by atoms with E-state index in [1.54, 1.807) is 11.3 Å². The zero-order chi connectivity index (χ0) is 11.7. The summed E-state index contributed by atoms with van der Waals surface area (Å²) in [6.07, 6.45) is 0. The van der Waals surface area contributed by atoms with Crippen LogP contribution in [0.5, 0.6) is 0 Å². The van der Waals surface area contributed by atoms with E-state index in [9.17, 15) is 0 Å². The Balaban J connectivity index is 2.44. The predicted molar refractivity (Wildman–Crippen MR) is 66.2 cm³/mol. The first kappa shape index (κ1) is 11.3. The van der Waals surface area contributed by atoms with Crippen molar-refractivity contribution >= 4 is 11.3 Å². The number of aromatic nitrogens is 2. The minimum atomic E-state index is 0.0196. The number of hydrogen-bond acceptors (Lipinski definition) is 4. The molecule has 86 valence electrons. The van der Waals surface area contributed by atoms with E-state index in [-0.39, 0.29) is 6.04 Å². The summed E-state index contributed by atoms with van der Waals surface area (Å²) in [5, 5.41) is 6.43. The third-order valence-electron chi connectivity index (χ3n) is 2.66. The van der Waals surface area contributed by atoms with Gasteiger partial charge in [0.05, 0.1) is 17.4 Å². The van der Waals surface area contributed by atoms with Crippen molar-refractivity contribution in [1.29, 1.82) is 0 Å². The van der Waals surface area contributed by atoms with Crippen LogP contribution >= 0.6 is 11.3 Å². The predicted octanol–water partition coefficient (Wildman–Crippen LogP) is 1.65. The van der Waals surface area contributed by atoms with Gasteiger partial charge in [-0.15, -0.1) is 11.3 Å². The lowest BCUT2D eigenvalue weighted by atomic mass is 10.1. The molecule has 16 heavy (non-hydrogen) atoms. The molecular formula is C11H16N4S. The molecule has 2 heterocycles. The maximum Gasteiger partial charge on any atom is 0.0972 e. The Hall–Kier alpha value is -1.17. The van der Waals surface area contributed by atoms with Crippen molar-refractivity contribution in [2.24, 2.45) is 12.9 Å². The third-order valence-corrected chi connectivity index (χ3v) is 3.75. The van der Waals surface area contributed by atoms with Crippen LogP contribution in [0.15, 0.2) is 17.5 Å². The summed E-state index contributed by atoms with van der Waals surface area (Å²) in [5.74, 6) is 5.66. The Kier molecular flexibility index (Phi) is 3.09. The van der Waals surface area contributed by atoms with Gasteiger partial charge < -0.3 is 0 Å². The third kappa shape index (κ3) is 1.89. The van der Waals surface area contributed by atoms with Gasteiger partial charge in [0.2, 0.25) is 0 Å². The molecule has 0 bridgehead atoms. The molecule has 3 N–H and O–H groups in total. The van der Waals surface area contributed by atoms with E-state index in [2.05, 4.69) is 35.0 Å². The fourth-order valence-corrected chi connectivity index (χ4v) is 2.87. The second kappa shape index (κ2) is 4.37. The van der Waals surface area contributed by atoms with Crippen LogP contribution in [0.3, 0.4) is 0 Å². The Labute approximate surface area is 99.1 Å². The molecule has 5 heteroatoms. The SMILES string of the molecule is Cc1cc(C(NN)c2sccc2C)n(C)n1. The van der Waals surface area contributed by atoms with Gasteiger partial charge in [0.15, 0.2) is 0 Å². The molecule has 0 fully saturated rings. The van der Waals surface area contributed by atoms with Crippen LogP contribution in [0.1, 0.15) is 27.9 Å². The topological polar surface area (TPSA) is 55.9 Å². The van der Waals surface area contributed by atoms with Gasteiger partial charge in [0.25, 0.3) is 0 Å².